The molecule has 1 heterocycles. The largest absolute Gasteiger partial charge is 0.436 e. The van der Waals surface area contributed by atoms with E-state index in [0.717, 1.165) is 35.2 Å². The zero-order valence-electron chi connectivity index (χ0n) is 15.0. The van der Waals surface area contributed by atoms with E-state index < -0.39 is 0 Å². The van der Waals surface area contributed by atoms with Gasteiger partial charge in [0.2, 0.25) is 11.8 Å². The van der Waals surface area contributed by atoms with Crippen molar-refractivity contribution in [1.29, 1.82) is 0 Å². The number of rotatable bonds is 6. The Balaban J connectivity index is 1.89. The van der Waals surface area contributed by atoms with Gasteiger partial charge < -0.3 is 9.73 Å². The van der Waals surface area contributed by atoms with Crippen LogP contribution in [0.3, 0.4) is 0 Å². The van der Waals surface area contributed by atoms with Crippen LogP contribution in [0.15, 0.2) is 46.9 Å². The Bertz CT molecular complexity index is 882. The Morgan fingerprint density at radius 2 is 2.04 bits per heavy atom. The second kappa shape index (κ2) is 7.51. The van der Waals surface area contributed by atoms with E-state index in [1.54, 1.807) is 0 Å². The number of anilines is 1. The molecule has 1 N–H and O–H groups in total. The molecule has 1 amide bonds. The summed E-state index contributed by atoms with van der Waals surface area (Å²) in [5, 5.41) is 2.91. The predicted molar refractivity (Wildman–Crippen MR) is 102 cm³/mol. The minimum atomic E-state index is 0.0235. The van der Waals surface area contributed by atoms with Crippen LogP contribution in [-0.2, 0) is 4.79 Å². The standard InChI is InChI=1S/C21H24N2O2/c1-4-7-20(24)22-17-9-6-8-16(12-17)21-23-18-13-15(14(3)5-2)10-11-19(18)25-21/h6,8-14H,4-5,7H2,1-3H3,(H,22,24)/t14-/m1/s1. The van der Waals surface area contributed by atoms with Crippen LogP contribution in [0.1, 0.15) is 51.5 Å². The maximum Gasteiger partial charge on any atom is 0.227 e. The van der Waals surface area contributed by atoms with Crippen LogP contribution in [0, 0.1) is 0 Å². The number of benzene rings is 2. The van der Waals surface area contributed by atoms with E-state index in [1.165, 1.54) is 5.56 Å². The van der Waals surface area contributed by atoms with E-state index in [4.69, 9.17) is 4.42 Å². The lowest BCUT2D eigenvalue weighted by atomic mass is 9.98. The van der Waals surface area contributed by atoms with Crippen molar-refractivity contribution in [2.45, 2.75) is 46.0 Å². The van der Waals surface area contributed by atoms with Crippen LogP contribution in [0.2, 0.25) is 0 Å². The average molecular weight is 336 g/mol. The maximum absolute atomic E-state index is 11.8. The fraction of sp³-hybridized carbons (Fsp3) is 0.333. The number of amides is 1. The Hall–Kier alpha value is -2.62. The molecular weight excluding hydrogens is 312 g/mol. The summed E-state index contributed by atoms with van der Waals surface area (Å²) in [4.78, 5) is 16.4. The predicted octanol–water partition coefficient (Wildman–Crippen LogP) is 5.75. The molecule has 1 aromatic heterocycles. The van der Waals surface area contributed by atoms with Crippen LogP contribution in [0.5, 0.6) is 0 Å². The summed E-state index contributed by atoms with van der Waals surface area (Å²) in [6.45, 7) is 6.38. The minimum Gasteiger partial charge on any atom is -0.436 e. The third kappa shape index (κ3) is 3.90. The van der Waals surface area contributed by atoms with E-state index in [-0.39, 0.29) is 5.91 Å². The quantitative estimate of drug-likeness (QED) is 0.624. The van der Waals surface area contributed by atoms with Gasteiger partial charge >= 0.3 is 0 Å². The van der Waals surface area contributed by atoms with Crippen LogP contribution < -0.4 is 5.32 Å². The summed E-state index contributed by atoms with van der Waals surface area (Å²) in [5.74, 6) is 1.10. The highest BCUT2D eigenvalue weighted by Gasteiger charge is 2.12. The molecule has 0 unspecified atom stereocenters. The Morgan fingerprint density at radius 1 is 1.20 bits per heavy atom. The van der Waals surface area contributed by atoms with E-state index in [2.05, 4.69) is 36.3 Å². The number of hydrogen-bond donors (Lipinski definition) is 1. The van der Waals surface area contributed by atoms with Crippen molar-refractivity contribution in [3.8, 4) is 11.5 Å². The van der Waals surface area contributed by atoms with Crippen molar-refractivity contribution in [3.63, 3.8) is 0 Å². The lowest BCUT2D eigenvalue weighted by Gasteiger charge is -2.07. The van der Waals surface area contributed by atoms with Gasteiger partial charge in [-0.3, -0.25) is 4.79 Å². The Kier molecular flexibility index (Phi) is 5.17. The average Bonchev–Trinajstić information content (AvgIpc) is 3.04. The van der Waals surface area contributed by atoms with Crippen molar-refractivity contribution < 1.29 is 9.21 Å². The molecule has 0 spiro atoms. The van der Waals surface area contributed by atoms with Crippen molar-refractivity contribution in [1.82, 2.24) is 4.98 Å². The molecule has 0 saturated heterocycles. The SMILES string of the molecule is CCCC(=O)Nc1cccc(-c2nc3cc([C@H](C)CC)ccc3o2)c1. The molecule has 0 aliphatic carbocycles. The third-order valence-corrected chi connectivity index (χ3v) is 4.46. The van der Waals surface area contributed by atoms with Crippen LogP contribution in [0.25, 0.3) is 22.6 Å². The van der Waals surface area contributed by atoms with Crippen LogP contribution >= 0.6 is 0 Å². The number of nitrogens with one attached hydrogen (secondary N) is 1. The zero-order chi connectivity index (χ0) is 17.8. The fourth-order valence-electron chi connectivity index (χ4n) is 2.79. The van der Waals surface area contributed by atoms with Crippen molar-refractivity contribution in [2.24, 2.45) is 0 Å². The van der Waals surface area contributed by atoms with Gasteiger partial charge in [-0.15, -0.1) is 0 Å². The number of aromatic nitrogens is 1. The summed E-state index contributed by atoms with van der Waals surface area (Å²) in [6, 6.07) is 13.8. The lowest BCUT2D eigenvalue weighted by Crippen LogP contribution is -2.10. The fourth-order valence-corrected chi connectivity index (χ4v) is 2.79. The molecule has 0 bridgehead atoms. The molecule has 1 atom stereocenters. The molecular formula is C21H24N2O2. The first-order chi connectivity index (χ1) is 12.1. The highest BCUT2D eigenvalue weighted by atomic mass is 16.3. The summed E-state index contributed by atoms with van der Waals surface area (Å²) in [6.07, 6.45) is 2.44. The maximum atomic E-state index is 11.8. The molecule has 0 radical (unpaired) electrons. The van der Waals surface area contributed by atoms with Gasteiger partial charge in [0.05, 0.1) is 0 Å². The third-order valence-electron chi connectivity index (χ3n) is 4.46. The molecule has 0 fully saturated rings. The normalized spacial score (nSPS) is 12.3. The molecule has 0 saturated carbocycles. The van der Waals surface area contributed by atoms with Gasteiger partial charge in [-0.2, -0.15) is 0 Å². The van der Waals surface area contributed by atoms with Crippen molar-refractivity contribution in [2.75, 3.05) is 5.32 Å². The monoisotopic (exact) mass is 336 g/mol. The number of carbonyl (C=O) groups is 1. The molecule has 25 heavy (non-hydrogen) atoms. The van der Waals surface area contributed by atoms with E-state index >= 15 is 0 Å². The Morgan fingerprint density at radius 3 is 2.80 bits per heavy atom. The van der Waals surface area contributed by atoms with E-state index in [9.17, 15) is 4.79 Å². The topological polar surface area (TPSA) is 55.1 Å². The van der Waals surface area contributed by atoms with Crippen LogP contribution in [0.4, 0.5) is 5.69 Å². The number of oxazole rings is 1. The first-order valence-corrected chi connectivity index (χ1v) is 8.91. The summed E-state index contributed by atoms with van der Waals surface area (Å²) in [5.41, 5.74) is 4.54. The van der Waals surface area contributed by atoms with Gasteiger partial charge in [0, 0.05) is 17.7 Å². The van der Waals surface area contributed by atoms with E-state index in [0.29, 0.717) is 18.2 Å². The first kappa shape index (κ1) is 17.2. The molecule has 4 heteroatoms. The number of nitrogens with zero attached hydrogens (tertiary/aromatic N) is 1. The highest BCUT2D eigenvalue weighted by Crippen LogP contribution is 2.29. The molecule has 3 aromatic rings. The molecule has 130 valence electrons. The summed E-state index contributed by atoms with van der Waals surface area (Å²) < 4.78 is 5.91. The molecule has 2 aromatic carbocycles. The smallest absolute Gasteiger partial charge is 0.227 e. The minimum absolute atomic E-state index is 0.0235. The van der Waals surface area contributed by atoms with Gasteiger partial charge in [0.25, 0.3) is 0 Å². The van der Waals surface area contributed by atoms with Crippen molar-refractivity contribution >= 4 is 22.7 Å². The van der Waals surface area contributed by atoms with Gasteiger partial charge in [0.1, 0.15) is 5.52 Å². The van der Waals surface area contributed by atoms with Gasteiger partial charge in [0.15, 0.2) is 5.58 Å². The molecule has 0 aliphatic rings. The lowest BCUT2D eigenvalue weighted by molar-refractivity contribution is -0.116. The molecule has 3 rings (SSSR count). The molecule has 0 aliphatic heterocycles. The van der Waals surface area contributed by atoms with Crippen molar-refractivity contribution in [3.05, 3.63) is 48.0 Å². The van der Waals surface area contributed by atoms with Gasteiger partial charge in [-0.25, -0.2) is 4.98 Å². The van der Waals surface area contributed by atoms with Gasteiger partial charge in [-0.05, 0) is 54.7 Å². The number of hydrogen-bond acceptors (Lipinski definition) is 3. The van der Waals surface area contributed by atoms with E-state index in [1.807, 2.05) is 37.3 Å². The summed E-state index contributed by atoms with van der Waals surface area (Å²) in [7, 11) is 0. The Labute approximate surface area is 148 Å². The van der Waals surface area contributed by atoms with Gasteiger partial charge in [-0.1, -0.05) is 32.9 Å². The summed E-state index contributed by atoms with van der Waals surface area (Å²) >= 11 is 0. The number of carbonyl (C=O) groups excluding carboxylic acids is 1. The number of fused-ring (bicyclic) bond motifs is 1. The zero-order valence-corrected chi connectivity index (χ0v) is 15.0. The molecule has 4 nitrogen and oxygen atoms in total. The highest BCUT2D eigenvalue weighted by molar-refractivity contribution is 5.91. The van der Waals surface area contributed by atoms with Crippen LogP contribution in [-0.4, -0.2) is 10.9 Å². The second-order valence-corrected chi connectivity index (χ2v) is 6.43. The first-order valence-electron chi connectivity index (χ1n) is 8.91. The second-order valence-electron chi connectivity index (χ2n) is 6.43.